The van der Waals surface area contributed by atoms with Gasteiger partial charge in [0.25, 0.3) is 0 Å². The van der Waals surface area contributed by atoms with Gasteiger partial charge in [0.2, 0.25) is 5.91 Å². The van der Waals surface area contributed by atoms with Gasteiger partial charge in [-0.2, -0.15) is 0 Å². The summed E-state index contributed by atoms with van der Waals surface area (Å²) in [6, 6.07) is 12.3. The Kier molecular flexibility index (Phi) is 16.7. The molecule has 68 heavy (non-hydrogen) atoms. The summed E-state index contributed by atoms with van der Waals surface area (Å²) in [5.41, 5.74) is 0.662. The highest BCUT2D eigenvalue weighted by molar-refractivity contribution is 8.45. The summed E-state index contributed by atoms with van der Waals surface area (Å²) in [7, 11) is -10.1. The first-order valence-electron chi connectivity index (χ1n) is 22.1. The largest absolute Gasteiger partial charge is 0.460 e. The average Bonchev–Trinajstić information content (AvgIpc) is 3.51. The van der Waals surface area contributed by atoms with Gasteiger partial charge in [0.1, 0.15) is 46.4 Å². The van der Waals surface area contributed by atoms with Gasteiger partial charge in [-0.05, 0) is 128 Å². The fourth-order valence-corrected chi connectivity index (χ4v) is 7.91. The van der Waals surface area contributed by atoms with Crippen molar-refractivity contribution in [2.24, 2.45) is 0 Å². The lowest BCUT2D eigenvalue weighted by Crippen LogP contribution is -2.53. The maximum Gasteiger partial charge on any atom is 0.407 e. The van der Waals surface area contributed by atoms with Crippen LogP contribution in [0, 0.1) is 0 Å². The van der Waals surface area contributed by atoms with E-state index in [-0.39, 0.29) is 68.9 Å². The van der Waals surface area contributed by atoms with Crippen LogP contribution in [0.2, 0.25) is 0 Å². The molecule has 0 heterocycles. The van der Waals surface area contributed by atoms with Gasteiger partial charge in [0.15, 0.2) is 0 Å². The maximum absolute atomic E-state index is 13.8. The fraction of sp³-hybridized carbons (Fsp3) is 0.500. The second kappa shape index (κ2) is 20.7. The monoisotopic (exact) mass is 982 g/mol. The molecule has 3 atom stereocenters. The Morgan fingerprint density at radius 3 is 1.65 bits per heavy atom. The molecular weight excluding hydrogens is 920 g/mol. The molecule has 0 aromatic heterocycles. The van der Waals surface area contributed by atoms with Gasteiger partial charge in [-0.1, -0.05) is 80.1 Å². The Morgan fingerprint density at radius 2 is 1.13 bits per heavy atom. The normalized spacial score (nSPS) is 15.1. The summed E-state index contributed by atoms with van der Waals surface area (Å²) in [5, 5.41) is 9.97. The zero-order valence-corrected chi connectivity index (χ0v) is 40.6. The molecule has 14 nitrogen and oxygen atoms in total. The van der Waals surface area contributed by atoms with E-state index in [2.05, 4.69) is 21.3 Å². The molecule has 3 aromatic carbocycles. The SMILES string of the molecule is CC(C)(C)OC(=O)CC[C@H](NC(=O)N[C@@H](CCCCNC(=O)[C@H](Cc1cccc(S(F)(F)(F)(F)F)c1)NC(=O)OCC1c2ccccc2-c2ccccc21)C(=O)OC(C)(C)C)C(=O)OC(C)(C)C. The molecule has 0 unspecified atom stereocenters. The van der Waals surface area contributed by atoms with E-state index in [0.29, 0.717) is 0 Å². The van der Waals surface area contributed by atoms with Crippen LogP contribution in [-0.4, -0.2) is 84.0 Å². The average molecular weight is 983 g/mol. The summed E-state index contributed by atoms with van der Waals surface area (Å²) in [5.74, 6) is -3.51. The smallest absolute Gasteiger partial charge is 0.407 e. The van der Waals surface area contributed by atoms with E-state index in [4.69, 9.17) is 18.9 Å². The molecule has 4 N–H and O–H groups in total. The first-order valence-corrected chi connectivity index (χ1v) is 24.1. The summed E-state index contributed by atoms with van der Waals surface area (Å²) < 4.78 is 90.8. The number of esters is 3. The van der Waals surface area contributed by atoms with Crippen molar-refractivity contribution >= 4 is 46.2 Å². The molecule has 3 aromatic rings. The number of fused-ring (bicyclic) bond motifs is 3. The first-order chi connectivity index (χ1) is 31.2. The number of carbonyl (C=O) groups excluding carboxylic acids is 6. The van der Waals surface area contributed by atoms with Crippen LogP contribution in [0.25, 0.3) is 11.1 Å². The van der Waals surface area contributed by atoms with Crippen LogP contribution in [0.3, 0.4) is 0 Å². The lowest BCUT2D eigenvalue weighted by atomic mass is 9.98. The quantitative estimate of drug-likeness (QED) is 0.0390. The van der Waals surface area contributed by atoms with Gasteiger partial charge >= 0.3 is 40.3 Å². The van der Waals surface area contributed by atoms with Gasteiger partial charge < -0.3 is 40.2 Å². The summed E-state index contributed by atoms with van der Waals surface area (Å²) >= 11 is 0. The van der Waals surface area contributed by atoms with E-state index >= 15 is 0 Å². The second-order valence-electron chi connectivity index (χ2n) is 19.5. The summed E-state index contributed by atoms with van der Waals surface area (Å²) in [6.45, 7) is 14.5. The first kappa shape index (κ1) is 54.7. The molecule has 0 fully saturated rings. The Hall–Kier alpha value is -5.92. The fourth-order valence-electron chi connectivity index (χ4n) is 7.20. The number of urea groups is 1. The lowest BCUT2D eigenvalue weighted by molar-refractivity contribution is -0.159. The maximum atomic E-state index is 13.8. The number of unbranched alkanes of at least 4 members (excludes halogenated alkanes) is 1. The van der Waals surface area contributed by atoms with Gasteiger partial charge in [0, 0.05) is 25.3 Å². The molecule has 0 aliphatic heterocycles. The van der Waals surface area contributed by atoms with Gasteiger partial charge in [-0.3, -0.25) is 9.59 Å². The van der Waals surface area contributed by atoms with E-state index in [1.165, 1.54) is 0 Å². The predicted molar refractivity (Wildman–Crippen MR) is 246 cm³/mol. The van der Waals surface area contributed by atoms with Gasteiger partial charge in [-0.15, -0.1) is 0 Å². The molecule has 1 aliphatic rings. The number of alkyl carbamates (subject to hydrolysis) is 1. The van der Waals surface area contributed by atoms with Crippen LogP contribution in [-0.2, 0) is 44.5 Å². The van der Waals surface area contributed by atoms with E-state index in [1.54, 1.807) is 62.3 Å². The molecule has 4 amide bonds. The molecular formula is C48H63F5N4O10S. The van der Waals surface area contributed by atoms with Crippen LogP contribution < -0.4 is 21.3 Å². The van der Waals surface area contributed by atoms with E-state index in [1.807, 2.05) is 48.5 Å². The van der Waals surface area contributed by atoms with Crippen molar-refractivity contribution in [2.75, 3.05) is 13.2 Å². The van der Waals surface area contributed by atoms with Crippen LogP contribution in [0.15, 0.2) is 77.7 Å². The number of ether oxygens (including phenoxy) is 4. The third-order valence-electron chi connectivity index (χ3n) is 10.0. The number of hydrogen-bond donors (Lipinski definition) is 4. The molecule has 0 saturated heterocycles. The van der Waals surface area contributed by atoms with Crippen molar-refractivity contribution in [1.29, 1.82) is 0 Å². The van der Waals surface area contributed by atoms with E-state index < -0.39 is 92.4 Å². The molecule has 1 aliphatic carbocycles. The second-order valence-corrected chi connectivity index (χ2v) is 22.0. The van der Waals surface area contributed by atoms with E-state index in [9.17, 15) is 48.2 Å². The van der Waals surface area contributed by atoms with Gasteiger partial charge in [-0.25, -0.2) is 19.2 Å². The number of hydrogen-bond acceptors (Lipinski definition) is 10. The third kappa shape index (κ3) is 17.6. The number of rotatable bonds is 19. The van der Waals surface area contributed by atoms with Crippen molar-refractivity contribution < 1.29 is 67.1 Å². The minimum Gasteiger partial charge on any atom is -0.460 e. The highest BCUT2D eigenvalue weighted by atomic mass is 32.5. The number of nitrogens with one attached hydrogen (secondary N) is 4. The highest BCUT2D eigenvalue weighted by Crippen LogP contribution is 3.02. The van der Waals surface area contributed by atoms with Crippen molar-refractivity contribution in [1.82, 2.24) is 21.3 Å². The molecule has 20 heteroatoms. The van der Waals surface area contributed by atoms with Crippen molar-refractivity contribution in [3.63, 3.8) is 0 Å². The zero-order valence-electron chi connectivity index (χ0n) is 39.8. The minimum absolute atomic E-state index is 0.0458. The summed E-state index contributed by atoms with van der Waals surface area (Å²) in [6.07, 6.45) is -1.87. The van der Waals surface area contributed by atoms with Crippen LogP contribution in [0.5, 0.6) is 0 Å². The number of carbonyl (C=O) groups is 6. The molecule has 376 valence electrons. The van der Waals surface area contributed by atoms with Crippen molar-refractivity contribution in [2.45, 2.75) is 147 Å². The van der Waals surface area contributed by atoms with Crippen LogP contribution in [0.1, 0.15) is 117 Å². The Balaban J connectivity index is 1.44. The standard InChI is InChI=1S/C48H63F5N4O10S/c1-46(2,3)65-40(58)25-24-38(43(61)67-48(7,8)9)56-44(62)55-37(42(60)66-47(4,5)6)23-14-15-26-54-41(59)39(28-30-17-16-18-31(27-30)68(49,50,51,52)53)57-45(63)64-29-36-34-21-12-10-19-32(34)33-20-11-13-22-35(33)36/h10-13,16-22,27,36-39H,14-15,23-26,28-29H2,1-9H3,(H,54,59)(H,57,63)(H2,55,56,62)/t37-,38-,39-/m0/s1. The van der Waals surface area contributed by atoms with Crippen LogP contribution in [0.4, 0.5) is 29.0 Å². The Morgan fingerprint density at radius 1 is 0.618 bits per heavy atom. The van der Waals surface area contributed by atoms with Gasteiger partial charge in [0.05, 0.1) is 0 Å². The number of benzene rings is 3. The minimum atomic E-state index is -10.1. The molecule has 0 saturated carbocycles. The van der Waals surface area contributed by atoms with Crippen LogP contribution >= 0.6 is 10.2 Å². The molecule has 0 radical (unpaired) electrons. The number of halogens is 5. The van der Waals surface area contributed by atoms with Crippen molar-refractivity contribution in [3.8, 4) is 11.1 Å². The zero-order chi connectivity index (χ0) is 50.9. The highest BCUT2D eigenvalue weighted by Gasteiger charge is 2.65. The summed E-state index contributed by atoms with van der Waals surface area (Å²) in [4.78, 5) is 77.0. The molecule has 0 spiro atoms. The lowest BCUT2D eigenvalue weighted by Gasteiger charge is -2.40. The topological polar surface area (TPSA) is 187 Å². The predicted octanol–water partition coefficient (Wildman–Crippen LogP) is 9.92. The van der Waals surface area contributed by atoms with E-state index in [0.717, 1.165) is 34.4 Å². The van der Waals surface area contributed by atoms with Crippen molar-refractivity contribution in [3.05, 3.63) is 89.5 Å². The molecule has 0 bridgehead atoms. The number of amides is 4. The third-order valence-corrected chi connectivity index (χ3v) is 11.1. The Bertz CT molecular complexity index is 2280. The molecule has 4 rings (SSSR count). The Labute approximate surface area is 393 Å².